The van der Waals surface area contributed by atoms with Crippen molar-refractivity contribution in [2.75, 3.05) is 5.75 Å². The van der Waals surface area contributed by atoms with Crippen molar-refractivity contribution in [3.63, 3.8) is 0 Å². The van der Waals surface area contributed by atoms with Crippen molar-refractivity contribution < 1.29 is 4.79 Å². The average Bonchev–Trinajstić information content (AvgIpc) is 2.42. The van der Waals surface area contributed by atoms with Crippen LogP contribution in [0.4, 0.5) is 0 Å². The topological polar surface area (TPSA) is 17.1 Å². The summed E-state index contributed by atoms with van der Waals surface area (Å²) < 4.78 is 0. The molecule has 0 unspecified atom stereocenters. The van der Waals surface area contributed by atoms with E-state index in [2.05, 4.69) is 26.0 Å². The number of hydrogen-bond donors (Lipinski definition) is 0. The molecule has 2 aromatic rings. The minimum atomic E-state index is 0.284. The van der Waals surface area contributed by atoms with Gasteiger partial charge in [-0.1, -0.05) is 36.4 Å². The fourth-order valence-electron chi connectivity index (χ4n) is 2.06. The van der Waals surface area contributed by atoms with Crippen LogP contribution < -0.4 is 0 Å². The molecule has 0 amide bonds. The lowest BCUT2D eigenvalue weighted by molar-refractivity contribution is -0.116. The van der Waals surface area contributed by atoms with E-state index in [-0.39, 0.29) is 5.78 Å². The summed E-state index contributed by atoms with van der Waals surface area (Å²) in [6, 6.07) is 16.2. The van der Waals surface area contributed by atoms with E-state index in [1.807, 2.05) is 36.4 Å². The highest BCUT2D eigenvalue weighted by molar-refractivity contribution is 8.00. The van der Waals surface area contributed by atoms with E-state index in [4.69, 9.17) is 0 Å². The lowest BCUT2D eigenvalue weighted by atomic mass is 9.99. The van der Waals surface area contributed by atoms with Gasteiger partial charge in [0, 0.05) is 11.3 Å². The number of ketones is 1. The van der Waals surface area contributed by atoms with E-state index < -0.39 is 0 Å². The van der Waals surface area contributed by atoms with Gasteiger partial charge in [0.15, 0.2) is 0 Å². The molecule has 0 aliphatic rings. The van der Waals surface area contributed by atoms with Crippen LogP contribution in [-0.2, 0) is 11.2 Å². The lowest BCUT2D eigenvalue weighted by Crippen LogP contribution is -2.08. The highest BCUT2D eigenvalue weighted by atomic mass is 32.2. The van der Waals surface area contributed by atoms with E-state index in [9.17, 15) is 4.79 Å². The Morgan fingerprint density at radius 1 is 0.947 bits per heavy atom. The molecule has 0 heterocycles. The summed E-state index contributed by atoms with van der Waals surface area (Å²) in [4.78, 5) is 13.2. The minimum Gasteiger partial charge on any atom is -0.298 e. The first-order valence-electron chi connectivity index (χ1n) is 6.41. The molecule has 0 aromatic heterocycles. The number of thioether (sulfide) groups is 1. The second-order valence-electron chi connectivity index (χ2n) is 4.69. The molecule has 0 saturated carbocycles. The maximum absolute atomic E-state index is 12.1. The Bertz CT molecular complexity index is 540. The Morgan fingerprint density at radius 2 is 1.58 bits per heavy atom. The lowest BCUT2D eigenvalue weighted by Gasteiger charge is -2.08. The summed E-state index contributed by atoms with van der Waals surface area (Å²) in [5, 5.41) is 0. The number of carbonyl (C=O) groups excluding carboxylic acids is 1. The molecule has 98 valence electrons. The van der Waals surface area contributed by atoms with E-state index in [0.717, 1.165) is 4.90 Å². The van der Waals surface area contributed by atoms with Crippen LogP contribution in [0.15, 0.2) is 53.4 Å². The van der Waals surface area contributed by atoms with Gasteiger partial charge < -0.3 is 0 Å². The predicted octanol–water partition coefficient (Wildman–Crippen LogP) is 4.21. The standard InChI is InChI=1S/C17H18OS/c1-13-7-6-8-14(2)17(13)11-15(18)12-19-16-9-4-3-5-10-16/h3-10H,11-12H2,1-2H3. The maximum Gasteiger partial charge on any atom is 0.147 e. The molecule has 19 heavy (non-hydrogen) atoms. The highest BCUT2D eigenvalue weighted by Crippen LogP contribution is 2.19. The van der Waals surface area contributed by atoms with Crippen LogP contribution in [0.2, 0.25) is 0 Å². The molecule has 0 aliphatic heterocycles. The van der Waals surface area contributed by atoms with Crippen molar-refractivity contribution in [1.29, 1.82) is 0 Å². The van der Waals surface area contributed by atoms with Gasteiger partial charge in [-0.25, -0.2) is 0 Å². The fourth-order valence-corrected chi connectivity index (χ4v) is 2.84. The fraction of sp³-hybridized carbons (Fsp3) is 0.235. The van der Waals surface area contributed by atoms with Gasteiger partial charge in [-0.3, -0.25) is 4.79 Å². The molecule has 2 aromatic carbocycles. The Labute approximate surface area is 119 Å². The normalized spacial score (nSPS) is 10.4. The molecule has 0 radical (unpaired) electrons. The molecule has 0 aliphatic carbocycles. The van der Waals surface area contributed by atoms with Crippen LogP contribution in [0, 0.1) is 13.8 Å². The van der Waals surface area contributed by atoms with Gasteiger partial charge in [-0.05, 0) is 42.7 Å². The molecule has 0 fully saturated rings. The first-order chi connectivity index (χ1) is 9.16. The average molecular weight is 270 g/mol. The second-order valence-corrected chi connectivity index (χ2v) is 5.74. The Morgan fingerprint density at radius 3 is 2.21 bits per heavy atom. The quantitative estimate of drug-likeness (QED) is 0.757. The maximum atomic E-state index is 12.1. The Hall–Kier alpha value is -1.54. The predicted molar refractivity (Wildman–Crippen MR) is 81.8 cm³/mol. The molecule has 1 nitrogen and oxygen atoms in total. The Kier molecular flexibility index (Phi) is 4.80. The summed E-state index contributed by atoms with van der Waals surface area (Å²) in [5.74, 6) is 0.823. The van der Waals surface area contributed by atoms with Crippen molar-refractivity contribution in [2.24, 2.45) is 0 Å². The molecular weight excluding hydrogens is 252 g/mol. The summed E-state index contributed by atoms with van der Waals surface area (Å²) in [6.07, 6.45) is 0.540. The molecule has 0 spiro atoms. The Balaban J connectivity index is 1.95. The van der Waals surface area contributed by atoms with Crippen molar-refractivity contribution in [3.05, 3.63) is 65.2 Å². The molecule has 2 rings (SSSR count). The van der Waals surface area contributed by atoms with Crippen LogP contribution >= 0.6 is 11.8 Å². The zero-order chi connectivity index (χ0) is 13.7. The van der Waals surface area contributed by atoms with Gasteiger partial charge in [0.05, 0.1) is 5.75 Å². The largest absolute Gasteiger partial charge is 0.298 e. The van der Waals surface area contributed by atoms with Crippen LogP contribution in [0.3, 0.4) is 0 Å². The van der Waals surface area contributed by atoms with Gasteiger partial charge in [0.1, 0.15) is 5.78 Å². The van der Waals surface area contributed by atoms with E-state index in [1.165, 1.54) is 16.7 Å². The number of carbonyl (C=O) groups is 1. The first kappa shape index (κ1) is 13.9. The van der Waals surface area contributed by atoms with Gasteiger partial charge in [0.25, 0.3) is 0 Å². The third kappa shape index (κ3) is 3.97. The monoisotopic (exact) mass is 270 g/mol. The van der Waals surface area contributed by atoms with Gasteiger partial charge in [-0.15, -0.1) is 11.8 Å². The molecule has 0 saturated heterocycles. The second kappa shape index (κ2) is 6.58. The summed E-state index contributed by atoms with van der Waals surface area (Å²) >= 11 is 1.61. The number of aryl methyl sites for hydroxylation is 2. The SMILES string of the molecule is Cc1cccc(C)c1CC(=O)CSc1ccccc1. The van der Waals surface area contributed by atoms with Gasteiger partial charge in [-0.2, -0.15) is 0 Å². The molecule has 0 N–H and O–H groups in total. The third-order valence-electron chi connectivity index (χ3n) is 3.16. The van der Waals surface area contributed by atoms with E-state index >= 15 is 0 Å². The molecule has 0 atom stereocenters. The summed E-state index contributed by atoms with van der Waals surface area (Å²) in [6.45, 7) is 4.14. The number of Topliss-reactive ketones (excluding diaryl/α,β-unsaturated/α-hetero) is 1. The van der Waals surface area contributed by atoms with Crippen LogP contribution in [0.1, 0.15) is 16.7 Å². The third-order valence-corrected chi connectivity index (χ3v) is 4.23. The van der Waals surface area contributed by atoms with Crippen LogP contribution in [-0.4, -0.2) is 11.5 Å². The highest BCUT2D eigenvalue weighted by Gasteiger charge is 2.09. The number of rotatable bonds is 5. The van der Waals surface area contributed by atoms with E-state index in [1.54, 1.807) is 11.8 Å². The van der Waals surface area contributed by atoms with Gasteiger partial charge in [0.2, 0.25) is 0 Å². The zero-order valence-electron chi connectivity index (χ0n) is 11.3. The van der Waals surface area contributed by atoms with Crippen LogP contribution in [0.5, 0.6) is 0 Å². The first-order valence-corrected chi connectivity index (χ1v) is 7.40. The summed E-state index contributed by atoms with van der Waals surface area (Å²) in [7, 11) is 0. The zero-order valence-corrected chi connectivity index (χ0v) is 12.2. The molecule has 0 bridgehead atoms. The van der Waals surface area contributed by atoms with Crippen molar-refractivity contribution in [3.8, 4) is 0 Å². The van der Waals surface area contributed by atoms with Crippen molar-refractivity contribution in [2.45, 2.75) is 25.2 Å². The number of benzene rings is 2. The number of hydrogen-bond acceptors (Lipinski definition) is 2. The van der Waals surface area contributed by atoms with E-state index in [0.29, 0.717) is 12.2 Å². The van der Waals surface area contributed by atoms with Crippen molar-refractivity contribution in [1.82, 2.24) is 0 Å². The molecular formula is C17H18OS. The van der Waals surface area contributed by atoms with Crippen molar-refractivity contribution >= 4 is 17.5 Å². The van der Waals surface area contributed by atoms with Crippen LogP contribution in [0.25, 0.3) is 0 Å². The smallest absolute Gasteiger partial charge is 0.147 e. The summed E-state index contributed by atoms with van der Waals surface area (Å²) in [5.41, 5.74) is 3.59. The minimum absolute atomic E-state index is 0.284. The molecule has 2 heteroatoms. The van der Waals surface area contributed by atoms with Gasteiger partial charge >= 0.3 is 0 Å².